The number of hydrogen-bond acceptors (Lipinski definition) is 5. The molecule has 0 spiro atoms. The highest BCUT2D eigenvalue weighted by molar-refractivity contribution is 7.80. The Morgan fingerprint density at radius 2 is 2.11 bits per heavy atom. The molecule has 0 amide bonds. The minimum Gasteiger partial charge on any atom is -0.489 e. The summed E-state index contributed by atoms with van der Waals surface area (Å²) >= 11 is 5.25. The van der Waals surface area contributed by atoms with E-state index in [-0.39, 0.29) is 22.8 Å². The fourth-order valence-electron chi connectivity index (χ4n) is 4.75. The molecule has 0 saturated carbocycles. The molecular formula is C28H42FN5O2S. The minimum absolute atomic E-state index is 0.0117. The van der Waals surface area contributed by atoms with E-state index in [1.807, 2.05) is 32.3 Å². The lowest BCUT2D eigenvalue weighted by atomic mass is 9.91. The Morgan fingerprint density at radius 3 is 2.76 bits per heavy atom. The van der Waals surface area contributed by atoms with E-state index in [0.29, 0.717) is 51.8 Å². The van der Waals surface area contributed by atoms with Gasteiger partial charge in [-0.3, -0.25) is 10.2 Å². The summed E-state index contributed by atoms with van der Waals surface area (Å²) in [4.78, 5) is 15.7. The van der Waals surface area contributed by atoms with Crippen molar-refractivity contribution in [3.05, 3.63) is 39.4 Å². The van der Waals surface area contributed by atoms with Crippen LogP contribution in [0.5, 0.6) is 5.75 Å². The summed E-state index contributed by atoms with van der Waals surface area (Å²) in [6, 6.07) is 1.36. The van der Waals surface area contributed by atoms with Crippen molar-refractivity contribution in [3.8, 4) is 5.75 Å². The van der Waals surface area contributed by atoms with E-state index in [0.717, 1.165) is 32.4 Å². The van der Waals surface area contributed by atoms with Crippen LogP contribution < -0.4 is 20.9 Å². The molecule has 9 heteroatoms. The lowest BCUT2D eigenvalue weighted by Crippen LogP contribution is -2.44. The van der Waals surface area contributed by atoms with Crippen molar-refractivity contribution >= 4 is 34.4 Å². The maximum Gasteiger partial charge on any atom is 0.198 e. The zero-order valence-corrected chi connectivity index (χ0v) is 24.1. The number of benzene rings is 1. The first-order valence-electron chi connectivity index (χ1n) is 13.3. The molecule has 0 bridgehead atoms. The average molecular weight is 532 g/mol. The molecule has 7 nitrogen and oxygen atoms in total. The van der Waals surface area contributed by atoms with Crippen LogP contribution in [0, 0.1) is 11.7 Å². The molecule has 0 fully saturated rings. The quantitative estimate of drug-likeness (QED) is 0.256. The number of pyridine rings is 1. The van der Waals surface area contributed by atoms with E-state index in [9.17, 15) is 4.79 Å². The van der Waals surface area contributed by atoms with Gasteiger partial charge in [0, 0.05) is 17.3 Å². The lowest BCUT2D eigenvalue weighted by molar-refractivity contribution is 0.241. The third-order valence-corrected chi connectivity index (χ3v) is 6.94. The number of nitrogens with zero attached hydrogens (tertiary/aromatic N) is 3. The standard InChI is InChI=1S/C28H42FN5O2S/c1-8-11-33(7)12-10-19(9-2)13-21-23(29)14-22-24-26(21)36-17-18(3)34(24)16-20(25(22)35)15-30-32-27(37)31-28(4,5)6/h14-16,18-19H,8-13,17H2,1-7H3,(H2,31,32,37)/b30-15+. The molecule has 1 aromatic heterocycles. The molecule has 2 N–H and O–H groups in total. The number of ether oxygens (including phenoxy) is 1. The molecule has 204 valence electrons. The van der Waals surface area contributed by atoms with E-state index in [1.54, 1.807) is 6.20 Å². The molecule has 1 aliphatic rings. The summed E-state index contributed by atoms with van der Waals surface area (Å²) in [5.41, 5.74) is 3.84. The summed E-state index contributed by atoms with van der Waals surface area (Å²) in [7, 11) is 2.13. The van der Waals surface area contributed by atoms with Crippen molar-refractivity contribution in [1.82, 2.24) is 20.2 Å². The minimum atomic E-state index is -0.385. The van der Waals surface area contributed by atoms with Crippen LogP contribution >= 0.6 is 12.2 Å². The average Bonchev–Trinajstić information content (AvgIpc) is 2.81. The molecule has 37 heavy (non-hydrogen) atoms. The van der Waals surface area contributed by atoms with Gasteiger partial charge in [0.1, 0.15) is 18.2 Å². The van der Waals surface area contributed by atoms with Gasteiger partial charge in [-0.2, -0.15) is 5.10 Å². The molecule has 1 aromatic carbocycles. The van der Waals surface area contributed by atoms with E-state index in [4.69, 9.17) is 17.0 Å². The van der Waals surface area contributed by atoms with Crippen LogP contribution in [0.1, 0.15) is 78.0 Å². The molecule has 2 atom stereocenters. The van der Waals surface area contributed by atoms with Gasteiger partial charge < -0.3 is 19.5 Å². The number of nitrogens with one attached hydrogen (secondary N) is 2. The highest BCUT2D eigenvalue weighted by atomic mass is 32.1. The molecule has 3 rings (SSSR count). The third-order valence-electron chi connectivity index (χ3n) is 6.74. The Hall–Kier alpha value is -2.52. The second-order valence-electron chi connectivity index (χ2n) is 11.2. The van der Waals surface area contributed by atoms with E-state index < -0.39 is 0 Å². The van der Waals surface area contributed by atoms with Gasteiger partial charge >= 0.3 is 0 Å². The number of rotatable bonds is 10. The van der Waals surface area contributed by atoms with Crippen molar-refractivity contribution < 1.29 is 9.13 Å². The number of hydrazone groups is 1. The maximum atomic E-state index is 15.6. The van der Waals surface area contributed by atoms with Crippen molar-refractivity contribution in [1.29, 1.82) is 0 Å². The van der Waals surface area contributed by atoms with Gasteiger partial charge in [-0.15, -0.1) is 0 Å². The zero-order chi connectivity index (χ0) is 27.3. The molecule has 2 aromatic rings. The second kappa shape index (κ2) is 12.3. The van der Waals surface area contributed by atoms with Crippen molar-refractivity contribution in [2.45, 2.75) is 78.8 Å². The second-order valence-corrected chi connectivity index (χ2v) is 11.6. The Labute approximate surface area is 225 Å². The monoisotopic (exact) mass is 531 g/mol. The maximum absolute atomic E-state index is 15.6. The number of aromatic nitrogens is 1. The van der Waals surface area contributed by atoms with Crippen LogP contribution in [0.3, 0.4) is 0 Å². The van der Waals surface area contributed by atoms with Crippen LogP contribution in [0.25, 0.3) is 10.9 Å². The first kappa shape index (κ1) is 29.0. The van der Waals surface area contributed by atoms with Gasteiger partial charge in [-0.25, -0.2) is 4.39 Å². The van der Waals surface area contributed by atoms with Gasteiger partial charge in [0.05, 0.1) is 28.7 Å². The number of halogens is 1. The van der Waals surface area contributed by atoms with Crippen molar-refractivity contribution in [3.63, 3.8) is 0 Å². The summed E-state index contributed by atoms with van der Waals surface area (Å²) < 4.78 is 23.7. The number of thiocarbonyl (C=S) groups is 1. The summed E-state index contributed by atoms with van der Waals surface area (Å²) in [5.74, 6) is 0.445. The first-order valence-corrected chi connectivity index (χ1v) is 13.7. The van der Waals surface area contributed by atoms with Crippen LogP contribution in [-0.4, -0.2) is 53.1 Å². The zero-order valence-electron chi connectivity index (χ0n) is 23.3. The fraction of sp³-hybridized carbons (Fsp3) is 0.607. The largest absolute Gasteiger partial charge is 0.489 e. The van der Waals surface area contributed by atoms with Gasteiger partial charge in [0.2, 0.25) is 0 Å². The smallest absolute Gasteiger partial charge is 0.198 e. The van der Waals surface area contributed by atoms with Crippen LogP contribution in [-0.2, 0) is 6.42 Å². The Balaban J connectivity index is 1.95. The molecular weight excluding hydrogens is 489 g/mol. The molecule has 2 unspecified atom stereocenters. The molecule has 2 heterocycles. The molecule has 1 aliphatic heterocycles. The van der Waals surface area contributed by atoms with E-state index >= 15 is 4.39 Å². The predicted octanol–water partition coefficient (Wildman–Crippen LogP) is 4.99. The van der Waals surface area contributed by atoms with Gasteiger partial charge in [0.15, 0.2) is 10.5 Å². The van der Waals surface area contributed by atoms with Crippen LogP contribution in [0.2, 0.25) is 0 Å². The molecule has 0 saturated heterocycles. The normalized spacial score (nSPS) is 16.3. The van der Waals surface area contributed by atoms with E-state index in [2.05, 4.69) is 41.6 Å². The van der Waals surface area contributed by atoms with Crippen LogP contribution in [0.15, 0.2) is 22.2 Å². The van der Waals surface area contributed by atoms with Gasteiger partial charge in [-0.05, 0) is 91.3 Å². The van der Waals surface area contributed by atoms with Crippen molar-refractivity contribution in [2.24, 2.45) is 11.0 Å². The summed E-state index contributed by atoms with van der Waals surface area (Å²) in [5, 5.41) is 7.92. The lowest BCUT2D eigenvalue weighted by Gasteiger charge is -2.29. The summed E-state index contributed by atoms with van der Waals surface area (Å²) in [6.07, 6.45) is 6.86. The first-order chi connectivity index (χ1) is 17.4. The Kier molecular flexibility index (Phi) is 9.69. The fourth-order valence-corrected chi connectivity index (χ4v) is 5.11. The van der Waals surface area contributed by atoms with Crippen molar-refractivity contribution in [2.75, 3.05) is 26.7 Å². The Morgan fingerprint density at radius 1 is 1.38 bits per heavy atom. The number of hydrogen-bond donors (Lipinski definition) is 2. The van der Waals surface area contributed by atoms with Gasteiger partial charge in [0.25, 0.3) is 0 Å². The predicted molar refractivity (Wildman–Crippen MR) is 154 cm³/mol. The molecule has 0 radical (unpaired) electrons. The Bertz CT molecular complexity index is 1200. The van der Waals surface area contributed by atoms with E-state index in [1.165, 1.54) is 12.3 Å². The summed E-state index contributed by atoms with van der Waals surface area (Å²) in [6.45, 7) is 14.8. The van der Waals surface area contributed by atoms with Gasteiger partial charge in [-0.1, -0.05) is 20.3 Å². The molecule has 0 aliphatic carbocycles. The third kappa shape index (κ3) is 7.29. The topological polar surface area (TPSA) is 70.9 Å². The highest BCUT2D eigenvalue weighted by Crippen LogP contribution is 2.38. The SMILES string of the molecule is CCCN(C)CCC(CC)Cc1c(F)cc2c(=O)c(/C=N/NC(=S)NC(C)(C)C)cn3c2c1OCC3C. The highest BCUT2D eigenvalue weighted by Gasteiger charge is 2.27. The van der Waals surface area contributed by atoms with Crippen LogP contribution in [0.4, 0.5) is 4.39 Å².